The van der Waals surface area contributed by atoms with E-state index in [4.69, 9.17) is 4.42 Å². The molecule has 2 unspecified atom stereocenters. The first-order valence-corrected chi connectivity index (χ1v) is 7.80. The minimum absolute atomic E-state index is 0.000727. The number of alkyl halides is 3. The number of para-hydroxylation sites is 1. The fraction of sp³-hybridized carbons (Fsp3) is 0.353. The third kappa shape index (κ3) is 4.68. The molecule has 0 aliphatic heterocycles. The van der Waals surface area contributed by atoms with Crippen molar-refractivity contribution < 1.29 is 22.3 Å². The van der Waals surface area contributed by atoms with Crippen LogP contribution in [-0.2, 0) is 6.54 Å². The van der Waals surface area contributed by atoms with E-state index < -0.39 is 6.36 Å². The Morgan fingerprint density at radius 1 is 1.28 bits per heavy atom. The van der Waals surface area contributed by atoms with Crippen LogP contribution in [0, 0.1) is 0 Å². The zero-order chi connectivity index (χ0) is 17.9. The number of benzene rings is 1. The van der Waals surface area contributed by atoms with Gasteiger partial charge in [-0.3, -0.25) is 4.99 Å². The van der Waals surface area contributed by atoms with Crippen LogP contribution in [0.2, 0.25) is 0 Å². The van der Waals surface area contributed by atoms with Crippen molar-refractivity contribution in [3.8, 4) is 5.75 Å². The van der Waals surface area contributed by atoms with Gasteiger partial charge in [-0.25, -0.2) is 0 Å². The first-order chi connectivity index (χ1) is 12.0. The molecule has 5 nitrogen and oxygen atoms in total. The number of nitrogens with zero attached hydrogens (tertiary/aromatic N) is 1. The summed E-state index contributed by atoms with van der Waals surface area (Å²) in [5.41, 5.74) is 0.541. The smallest absolute Gasteiger partial charge is 0.467 e. The molecular formula is C17H18F3N3O2. The van der Waals surface area contributed by atoms with Crippen molar-refractivity contribution in [2.45, 2.75) is 31.3 Å². The van der Waals surface area contributed by atoms with Gasteiger partial charge in [-0.1, -0.05) is 18.2 Å². The van der Waals surface area contributed by atoms with Crippen LogP contribution in [0.4, 0.5) is 13.2 Å². The van der Waals surface area contributed by atoms with Crippen LogP contribution in [0.25, 0.3) is 0 Å². The maximum absolute atomic E-state index is 12.5. The van der Waals surface area contributed by atoms with Crippen molar-refractivity contribution in [1.29, 1.82) is 0 Å². The second kappa shape index (κ2) is 7.08. The summed E-state index contributed by atoms with van der Waals surface area (Å²) in [7, 11) is 1.63. The number of furan rings is 1. The summed E-state index contributed by atoms with van der Waals surface area (Å²) >= 11 is 0. The summed E-state index contributed by atoms with van der Waals surface area (Å²) in [5.74, 6) is 1.13. The van der Waals surface area contributed by atoms with E-state index >= 15 is 0 Å². The predicted molar refractivity (Wildman–Crippen MR) is 86.3 cm³/mol. The highest BCUT2D eigenvalue weighted by atomic mass is 19.4. The standard InChI is InChI=1S/C17H18F3N3O2/c1-21-16(22-10-11-5-4-8-24-11)23-14-9-13(14)12-6-2-3-7-15(12)25-17(18,19)20/h2-8,13-14H,9-10H2,1H3,(H2,21,22,23). The van der Waals surface area contributed by atoms with E-state index in [-0.39, 0.29) is 17.7 Å². The third-order valence-corrected chi connectivity index (χ3v) is 3.89. The van der Waals surface area contributed by atoms with Crippen LogP contribution >= 0.6 is 0 Å². The number of guanidine groups is 1. The van der Waals surface area contributed by atoms with E-state index in [0.29, 0.717) is 24.5 Å². The maximum Gasteiger partial charge on any atom is 0.573 e. The van der Waals surface area contributed by atoms with Crippen LogP contribution in [0.5, 0.6) is 5.75 Å². The summed E-state index contributed by atoms with van der Waals surface area (Å²) in [6.45, 7) is 0.470. The molecule has 1 heterocycles. The Labute approximate surface area is 142 Å². The molecule has 2 atom stereocenters. The molecule has 3 rings (SSSR count). The average molecular weight is 353 g/mol. The quantitative estimate of drug-likeness (QED) is 0.639. The summed E-state index contributed by atoms with van der Waals surface area (Å²) in [6, 6.07) is 9.86. The van der Waals surface area contributed by atoms with Gasteiger partial charge in [0, 0.05) is 19.0 Å². The fourth-order valence-corrected chi connectivity index (χ4v) is 2.66. The Kier molecular flexibility index (Phi) is 4.87. The van der Waals surface area contributed by atoms with Crippen molar-refractivity contribution in [3.05, 3.63) is 54.0 Å². The molecule has 2 N–H and O–H groups in total. The van der Waals surface area contributed by atoms with Gasteiger partial charge in [0.25, 0.3) is 0 Å². The van der Waals surface area contributed by atoms with Crippen LogP contribution in [-0.4, -0.2) is 25.4 Å². The lowest BCUT2D eigenvalue weighted by molar-refractivity contribution is -0.274. The minimum atomic E-state index is -4.70. The van der Waals surface area contributed by atoms with E-state index in [1.54, 1.807) is 31.5 Å². The van der Waals surface area contributed by atoms with E-state index in [9.17, 15) is 13.2 Å². The van der Waals surface area contributed by atoms with E-state index in [0.717, 1.165) is 5.76 Å². The second-order valence-corrected chi connectivity index (χ2v) is 5.68. The zero-order valence-corrected chi connectivity index (χ0v) is 13.5. The fourth-order valence-electron chi connectivity index (χ4n) is 2.66. The number of aliphatic imine (C=N–C) groups is 1. The Hall–Kier alpha value is -2.64. The molecule has 1 fully saturated rings. The predicted octanol–water partition coefficient (Wildman–Crippen LogP) is 3.40. The Bertz CT molecular complexity index is 729. The summed E-state index contributed by atoms with van der Waals surface area (Å²) in [4.78, 5) is 4.12. The molecule has 0 bridgehead atoms. The van der Waals surface area contributed by atoms with Crippen LogP contribution < -0.4 is 15.4 Å². The summed E-state index contributed by atoms with van der Waals surface area (Å²) in [6.07, 6.45) is -2.41. The van der Waals surface area contributed by atoms with Gasteiger partial charge in [0.15, 0.2) is 5.96 Å². The molecular weight excluding hydrogens is 335 g/mol. The summed E-state index contributed by atoms with van der Waals surface area (Å²) in [5, 5.41) is 6.30. The van der Waals surface area contributed by atoms with Gasteiger partial charge >= 0.3 is 6.36 Å². The van der Waals surface area contributed by atoms with Gasteiger partial charge in [-0.05, 0) is 30.2 Å². The number of nitrogens with one attached hydrogen (secondary N) is 2. The second-order valence-electron chi connectivity index (χ2n) is 5.68. The Morgan fingerprint density at radius 3 is 2.76 bits per heavy atom. The lowest BCUT2D eigenvalue weighted by Crippen LogP contribution is -2.38. The molecule has 1 aromatic heterocycles. The monoisotopic (exact) mass is 353 g/mol. The molecule has 0 radical (unpaired) electrons. The maximum atomic E-state index is 12.5. The molecule has 1 aliphatic carbocycles. The van der Waals surface area contributed by atoms with Gasteiger partial charge in [-0.15, -0.1) is 13.2 Å². The topological polar surface area (TPSA) is 58.8 Å². The van der Waals surface area contributed by atoms with Crippen molar-refractivity contribution in [1.82, 2.24) is 10.6 Å². The lowest BCUT2D eigenvalue weighted by atomic mass is 10.1. The van der Waals surface area contributed by atoms with Gasteiger partial charge < -0.3 is 19.8 Å². The molecule has 1 saturated carbocycles. The minimum Gasteiger partial charge on any atom is -0.467 e. The molecule has 1 aromatic carbocycles. The highest BCUT2D eigenvalue weighted by molar-refractivity contribution is 5.80. The molecule has 25 heavy (non-hydrogen) atoms. The number of hydrogen-bond acceptors (Lipinski definition) is 3. The Morgan fingerprint density at radius 2 is 2.08 bits per heavy atom. The molecule has 0 amide bonds. The van der Waals surface area contributed by atoms with Gasteiger partial charge in [0.05, 0.1) is 12.8 Å². The molecule has 0 saturated heterocycles. The van der Waals surface area contributed by atoms with Crippen molar-refractivity contribution in [2.75, 3.05) is 7.05 Å². The SMILES string of the molecule is CN=C(NCc1ccco1)NC1CC1c1ccccc1OC(F)(F)F. The number of rotatable bonds is 5. The normalized spacial score (nSPS) is 20.2. The van der Waals surface area contributed by atoms with Crippen molar-refractivity contribution >= 4 is 5.96 Å². The molecule has 2 aromatic rings. The van der Waals surface area contributed by atoms with E-state index in [1.165, 1.54) is 12.1 Å². The van der Waals surface area contributed by atoms with Crippen LogP contribution in [0.1, 0.15) is 23.7 Å². The highest BCUT2D eigenvalue weighted by Gasteiger charge is 2.42. The van der Waals surface area contributed by atoms with Crippen LogP contribution in [0.15, 0.2) is 52.1 Å². The first kappa shape index (κ1) is 17.2. The van der Waals surface area contributed by atoms with Crippen molar-refractivity contribution in [2.24, 2.45) is 4.99 Å². The van der Waals surface area contributed by atoms with Crippen molar-refractivity contribution in [3.63, 3.8) is 0 Å². The largest absolute Gasteiger partial charge is 0.573 e. The van der Waals surface area contributed by atoms with Gasteiger partial charge in [0.1, 0.15) is 11.5 Å². The molecule has 134 valence electrons. The first-order valence-electron chi connectivity index (χ1n) is 7.80. The number of halogens is 3. The van der Waals surface area contributed by atoms with Gasteiger partial charge in [0.2, 0.25) is 0 Å². The summed E-state index contributed by atoms with van der Waals surface area (Å²) < 4.78 is 46.9. The molecule has 1 aliphatic rings. The number of ether oxygens (including phenoxy) is 1. The molecule has 0 spiro atoms. The Balaban J connectivity index is 1.59. The zero-order valence-electron chi connectivity index (χ0n) is 13.5. The average Bonchev–Trinajstić information content (AvgIpc) is 3.11. The van der Waals surface area contributed by atoms with Crippen LogP contribution in [0.3, 0.4) is 0 Å². The third-order valence-electron chi connectivity index (χ3n) is 3.89. The highest BCUT2D eigenvalue weighted by Crippen LogP contribution is 2.45. The van der Waals surface area contributed by atoms with E-state index in [1.807, 2.05) is 6.07 Å². The van der Waals surface area contributed by atoms with E-state index in [2.05, 4.69) is 20.4 Å². The number of hydrogen-bond donors (Lipinski definition) is 2. The van der Waals surface area contributed by atoms with Gasteiger partial charge in [-0.2, -0.15) is 0 Å². The molecule has 8 heteroatoms. The lowest BCUT2D eigenvalue weighted by Gasteiger charge is -2.14.